The van der Waals surface area contributed by atoms with Gasteiger partial charge in [0.2, 0.25) is 0 Å². The van der Waals surface area contributed by atoms with Gasteiger partial charge in [0.25, 0.3) is 0 Å². The second-order valence-electron chi connectivity index (χ2n) is 5.21. The third-order valence-corrected chi connectivity index (χ3v) is 3.58. The predicted molar refractivity (Wildman–Crippen MR) is 99.8 cm³/mol. The Morgan fingerprint density at radius 1 is 1.04 bits per heavy atom. The summed E-state index contributed by atoms with van der Waals surface area (Å²) in [6, 6.07) is 18.4. The second kappa shape index (κ2) is 8.39. The van der Waals surface area contributed by atoms with Crippen LogP contribution in [0.1, 0.15) is 25.5 Å². The van der Waals surface area contributed by atoms with Crippen LogP contribution in [0.3, 0.4) is 0 Å². The number of furan rings is 1. The van der Waals surface area contributed by atoms with E-state index in [0.29, 0.717) is 0 Å². The summed E-state index contributed by atoms with van der Waals surface area (Å²) in [5.74, 6) is 1.55. The topological polar surface area (TPSA) is 37.5 Å². The van der Waals surface area contributed by atoms with Gasteiger partial charge in [0.05, 0.1) is 6.26 Å². The summed E-state index contributed by atoms with van der Waals surface area (Å²) in [7, 11) is 0. The molecule has 0 aliphatic heterocycles. The Kier molecular flexibility index (Phi) is 6.24. The molecule has 23 heavy (non-hydrogen) atoms. The van der Waals surface area contributed by atoms with E-state index in [1.54, 1.807) is 6.26 Å². The van der Waals surface area contributed by atoms with Crippen molar-refractivity contribution in [1.82, 2.24) is 0 Å². The molecule has 0 atom stereocenters. The molecule has 0 saturated heterocycles. The molecule has 2 aromatic carbocycles. The average molecular weight is 329 g/mol. The number of unbranched alkanes of at least 4 members (excludes halogenated alkanes) is 1. The Balaban J connectivity index is 0.00000192. The van der Waals surface area contributed by atoms with Crippen LogP contribution in [0, 0.1) is 0 Å². The first-order valence-electron chi connectivity index (χ1n) is 7.71. The number of nitrogens with one attached hydrogen (secondary N) is 1. The summed E-state index contributed by atoms with van der Waals surface area (Å²) < 4.78 is 5.52. The summed E-state index contributed by atoms with van der Waals surface area (Å²) in [6.07, 6.45) is 3.88. The van der Waals surface area contributed by atoms with Crippen LogP contribution in [0.5, 0.6) is 0 Å². The minimum absolute atomic E-state index is 0. The van der Waals surface area contributed by atoms with Gasteiger partial charge in [0.1, 0.15) is 0 Å². The van der Waals surface area contributed by atoms with Crippen molar-refractivity contribution >= 4 is 34.7 Å². The van der Waals surface area contributed by atoms with Gasteiger partial charge in [-0.25, -0.2) is 0 Å². The van der Waals surface area contributed by atoms with Gasteiger partial charge in [0, 0.05) is 17.6 Å². The number of halogens is 1. The molecule has 1 N–H and O–H groups in total. The molecule has 0 spiro atoms. The van der Waals surface area contributed by atoms with Crippen molar-refractivity contribution in [2.75, 3.05) is 11.9 Å². The van der Waals surface area contributed by atoms with Crippen molar-refractivity contribution in [3.05, 3.63) is 66.6 Å². The molecule has 3 rings (SSSR count). The predicted octanol–water partition coefficient (Wildman–Crippen LogP) is 5.51. The Morgan fingerprint density at radius 2 is 1.87 bits per heavy atom. The average Bonchev–Trinajstić information content (AvgIpc) is 3.09. The van der Waals surface area contributed by atoms with E-state index in [1.165, 1.54) is 10.8 Å². The van der Waals surface area contributed by atoms with E-state index in [-0.39, 0.29) is 12.4 Å². The number of amidine groups is 1. The molecule has 0 fully saturated rings. The van der Waals surface area contributed by atoms with Gasteiger partial charge in [-0.1, -0.05) is 49.7 Å². The van der Waals surface area contributed by atoms with Crippen LogP contribution in [-0.4, -0.2) is 12.4 Å². The van der Waals surface area contributed by atoms with Gasteiger partial charge >= 0.3 is 0 Å². The lowest BCUT2D eigenvalue weighted by Gasteiger charge is -2.11. The highest BCUT2D eigenvalue weighted by atomic mass is 35.5. The fourth-order valence-electron chi connectivity index (χ4n) is 2.40. The number of nitrogens with zero attached hydrogens (tertiary/aromatic N) is 1. The summed E-state index contributed by atoms with van der Waals surface area (Å²) in [4.78, 5) is 4.67. The van der Waals surface area contributed by atoms with Gasteiger partial charge in [-0.2, -0.15) is 0 Å². The fraction of sp³-hybridized carbons (Fsp3) is 0.211. The molecular formula is C19H21ClN2O. The smallest absolute Gasteiger partial charge is 0.169 e. The summed E-state index contributed by atoms with van der Waals surface area (Å²) >= 11 is 0. The first kappa shape index (κ1) is 17.1. The molecule has 3 nitrogen and oxygen atoms in total. The maximum Gasteiger partial charge on any atom is 0.169 e. The fourth-order valence-corrected chi connectivity index (χ4v) is 2.40. The Morgan fingerprint density at radius 3 is 2.65 bits per heavy atom. The number of rotatable bonds is 5. The monoisotopic (exact) mass is 328 g/mol. The Bertz CT molecular complexity index is 761. The zero-order valence-electron chi connectivity index (χ0n) is 13.2. The lowest BCUT2D eigenvalue weighted by atomic mass is 10.1. The van der Waals surface area contributed by atoms with Crippen LogP contribution in [0.4, 0.5) is 5.69 Å². The Labute approximate surface area is 142 Å². The van der Waals surface area contributed by atoms with Crippen molar-refractivity contribution in [3.8, 4) is 0 Å². The van der Waals surface area contributed by atoms with E-state index in [2.05, 4.69) is 53.6 Å². The molecule has 1 aromatic heterocycles. The zero-order valence-corrected chi connectivity index (χ0v) is 14.0. The van der Waals surface area contributed by atoms with Crippen LogP contribution in [0.2, 0.25) is 0 Å². The van der Waals surface area contributed by atoms with Gasteiger partial charge in [-0.15, -0.1) is 12.4 Å². The molecule has 4 heteroatoms. The van der Waals surface area contributed by atoms with Crippen molar-refractivity contribution in [2.45, 2.75) is 19.8 Å². The van der Waals surface area contributed by atoms with E-state index >= 15 is 0 Å². The third-order valence-electron chi connectivity index (χ3n) is 3.58. The molecule has 0 amide bonds. The summed E-state index contributed by atoms with van der Waals surface area (Å²) in [6.45, 7) is 2.96. The van der Waals surface area contributed by atoms with E-state index in [0.717, 1.165) is 36.7 Å². The van der Waals surface area contributed by atoms with Gasteiger partial charge in [-0.3, -0.25) is 4.99 Å². The first-order valence-corrected chi connectivity index (χ1v) is 7.71. The van der Waals surface area contributed by atoms with E-state index < -0.39 is 0 Å². The standard InChI is InChI=1S/C19H20N2O.ClH/c1-2-3-13-20-19(18-12-7-14-22-18)21-17-11-6-9-15-8-4-5-10-16(15)17;/h4-12,14H,2-3,13H2,1H3,(H,20,21);1H. The largest absolute Gasteiger partial charge is 0.461 e. The molecule has 0 saturated carbocycles. The maximum absolute atomic E-state index is 5.52. The first-order chi connectivity index (χ1) is 10.9. The van der Waals surface area contributed by atoms with Gasteiger partial charge < -0.3 is 9.73 Å². The minimum atomic E-state index is 0. The van der Waals surface area contributed by atoms with E-state index in [4.69, 9.17) is 4.42 Å². The Hall–Kier alpha value is -2.26. The maximum atomic E-state index is 5.52. The highest BCUT2D eigenvalue weighted by Gasteiger charge is 2.08. The molecule has 0 aliphatic rings. The van der Waals surface area contributed by atoms with Crippen LogP contribution < -0.4 is 5.32 Å². The normalized spacial score (nSPS) is 11.3. The van der Waals surface area contributed by atoms with Crippen molar-refractivity contribution < 1.29 is 4.42 Å². The lowest BCUT2D eigenvalue weighted by molar-refractivity contribution is 0.557. The quantitative estimate of drug-likeness (QED) is 0.381. The SMILES string of the molecule is CCCCN=C(Nc1cccc2ccccc12)c1ccco1.Cl. The van der Waals surface area contributed by atoms with Gasteiger partial charge in [-0.05, 0) is 30.0 Å². The van der Waals surface area contributed by atoms with Crippen LogP contribution in [-0.2, 0) is 0 Å². The molecule has 3 aromatic rings. The molecule has 1 heterocycles. The number of hydrogen-bond donors (Lipinski definition) is 1. The van der Waals surface area contributed by atoms with Crippen LogP contribution in [0.25, 0.3) is 10.8 Å². The van der Waals surface area contributed by atoms with Crippen molar-refractivity contribution in [2.24, 2.45) is 4.99 Å². The second-order valence-corrected chi connectivity index (χ2v) is 5.21. The van der Waals surface area contributed by atoms with Crippen LogP contribution in [0.15, 0.2) is 70.3 Å². The molecule has 0 aliphatic carbocycles. The lowest BCUT2D eigenvalue weighted by Crippen LogP contribution is -2.14. The third kappa shape index (κ3) is 4.14. The summed E-state index contributed by atoms with van der Waals surface area (Å²) in [5.41, 5.74) is 1.05. The highest BCUT2D eigenvalue weighted by Crippen LogP contribution is 2.23. The van der Waals surface area contributed by atoms with E-state index in [9.17, 15) is 0 Å². The van der Waals surface area contributed by atoms with Crippen LogP contribution >= 0.6 is 12.4 Å². The minimum Gasteiger partial charge on any atom is -0.461 e. The number of fused-ring (bicyclic) bond motifs is 1. The number of benzene rings is 2. The molecule has 0 bridgehead atoms. The number of aliphatic imine (C=N–C) groups is 1. The number of hydrogen-bond acceptors (Lipinski definition) is 2. The van der Waals surface area contributed by atoms with Gasteiger partial charge in [0.15, 0.2) is 11.6 Å². The highest BCUT2D eigenvalue weighted by molar-refractivity contribution is 6.10. The van der Waals surface area contributed by atoms with Crippen molar-refractivity contribution in [3.63, 3.8) is 0 Å². The molecular weight excluding hydrogens is 308 g/mol. The molecule has 120 valence electrons. The molecule has 0 unspecified atom stereocenters. The number of anilines is 1. The summed E-state index contributed by atoms with van der Waals surface area (Å²) in [5, 5.41) is 5.83. The molecule has 0 radical (unpaired) electrons. The van der Waals surface area contributed by atoms with E-state index in [1.807, 2.05) is 18.2 Å². The van der Waals surface area contributed by atoms with Crippen molar-refractivity contribution in [1.29, 1.82) is 0 Å². The zero-order chi connectivity index (χ0) is 15.2.